The smallest absolute Gasteiger partial charge is 0.480 e. The van der Waals surface area contributed by atoms with Crippen LogP contribution in [0.3, 0.4) is 0 Å². The maximum absolute atomic E-state index is 12.4. The lowest BCUT2D eigenvalue weighted by molar-refractivity contribution is -0.148. The van der Waals surface area contributed by atoms with Gasteiger partial charge in [0.05, 0.1) is 0 Å². The minimum Gasteiger partial charge on any atom is -0.480 e. The van der Waals surface area contributed by atoms with E-state index in [0.29, 0.717) is 24.8 Å². The molecule has 10 nitrogen and oxygen atoms in total. The van der Waals surface area contributed by atoms with E-state index in [4.69, 9.17) is 24.7 Å². The molecule has 0 unspecified atom stereocenters. The van der Waals surface area contributed by atoms with Crippen LogP contribution >= 0.6 is 0 Å². The first-order valence-corrected chi connectivity index (χ1v) is 13.6. The lowest BCUT2D eigenvalue weighted by Gasteiger charge is -2.35. The highest BCUT2D eigenvalue weighted by atomic mass is 16.7. The van der Waals surface area contributed by atoms with E-state index in [2.05, 4.69) is 0 Å². The van der Waals surface area contributed by atoms with Crippen LogP contribution in [0.5, 0.6) is 11.5 Å². The fourth-order valence-electron chi connectivity index (χ4n) is 3.58. The fraction of sp³-hybridized carbons (Fsp3) is 0.655. The van der Waals surface area contributed by atoms with Gasteiger partial charge < -0.3 is 29.8 Å². The predicted octanol–water partition coefficient (Wildman–Crippen LogP) is 5.57. The number of hydrogen-bond acceptors (Lipinski definition) is 9. The number of carbonyl (C=O) groups excluding carboxylic acids is 3. The van der Waals surface area contributed by atoms with E-state index in [9.17, 15) is 24.3 Å². The van der Waals surface area contributed by atoms with Crippen molar-refractivity contribution in [3.8, 4) is 11.5 Å². The van der Waals surface area contributed by atoms with Crippen LogP contribution in [0.25, 0.3) is 0 Å². The van der Waals surface area contributed by atoms with Crippen LogP contribution in [0.2, 0.25) is 0 Å². The van der Waals surface area contributed by atoms with E-state index < -0.39 is 47.2 Å². The first-order valence-electron chi connectivity index (χ1n) is 13.6. The average Bonchev–Trinajstić information content (AvgIpc) is 2.86. The van der Waals surface area contributed by atoms with Gasteiger partial charge in [-0.2, -0.15) is 0 Å². The number of ether oxygens (including phenoxy) is 4. The van der Waals surface area contributed by atoms with Crippen LogP contribution in [0.4, 0.5) is 4.79 Å². The third-order valence-electron chi connectivity index (χ3n) is 6.83. The second-order valence-electron chi connectivity index (χ2n) is 10.5. The van der Waals surface area contributed by atoms with Crippen molar-refractivity contribution < 1.29 is 43.2 Å². The van der Waals surface area contributed by atoms with Gasteiger partial charge in [-0.25, -0.2) is 4.79 Å². The zero-order chi connectivity index (χ0) is 29.8. The van der Waals surface area contributed by atoms with E-state index in [-0.39, 0.29) is 30.8 Å². The third-order valence-corrected chi connectivity index (χ3v) is 6.83. The highest BCUT2D eigenvalue weighted by molar-refractivity contribution is 5.80. The van der Waals surface area contributed by atoms with Gasteiger partial charge in [0.25, 0.3) is 0 Å². The summed E-state index contributed by atoms with van der Waals surface area (Å²) in [6, 6.07) is 4.47. The summed E-state index contributed by atoms with van der Waals surface area (Å²) in [7, 11) is 0. The van der Waals surface area contributed by atoms with Crippen molar-refractivity contribution in [2.45, 2.75) is 117 Å². The number of aliphatic carboxylic acids is 1. The Hall–Kier alpha value is -3.14. The Balaban J connectivity index is 3.22. The molecule has 0 aromatic heterocycles. The highest BCUT2D eigenvalue weighted by Crippen LogP contribution is 2.33. The van der Waals surface area contributed by atoms with Crippen LogP contribution in [-0.4, -0.2) is 46.4 Å². The van der Waals surface area contributed by atoms with Crippen molar-refractivity contribution in [3.63, 3.8) is 0 Å². The van der Waals surface area contributed by atoms with Crippen molar-refractivity contribution in [2.24, 2.45) is 11.7 Å². The number of carboxylic acids is 1. The predicted molar refractivity (Wildman–Crippen MR) is 146 cm³/mol. The molecule has 1 rings (SSSR count). The Labute approximate surface area is 231 Å². The number of hydrogen-bond donors (Lipinski definition) is 2. The van der Waals surface area contributed by atoms with Gasteiger partial charge in [0.1, 0.15) is 17.2 Å². The molecular weight excluding hydrogens is 506 g/mol. The number of carboxylic acid groups (broad SMARTS) is 1. The van der Waals surface area contributed by atoms with Gasteiger partial charge in [0.15, 0.2) is 11.5 Å². The highest BCUT2D eigenvalue weighted by Gasteiger charge is 2.44. The number of rotatable bonds is 16. The summed E-state index contributed by atoms with van der Waals surface area (Å²) < 4.78 is 21.6. The average molecular weight is 552 g/mol. The molecule has 1 aromatic carbocycles. The van der Waals surface area contributed by atoms with E-state index in [1.807, 2.05) is 20.8 Å². The summed E-state index contributed by atoms with van der Waals surface area (Å²) in [4.78, 5) is 49.2. The molecule has 0 saturated carbocycles. The van der Waals surface area contributed by atoms with E-state index >= 15 is 0 Å². The van der Waals surface area contributed by atoms with Gasteiger partial charge in [-0.15, -0.1) is 0 Å². The zero-order valence-corrected chi connectivity index (χ0v) is 24.3. The van der Waals surface area contributed by atoms with E-state index in [1.54, 1.807) is 33.8 Å². The molecule has 3 N–H and O–H groups in total. The van der Waals surface area contributed by atoms with E-state index in [0.717, 1.165) is 12.8 Å². The van der Waals surface area contributed by atoms with Crippen LogP contribution in [0, 0.1) is 5.92 Å². The Bertz CT molecular complexity index is 991. The standard InChI is InChI=1S/C29H45NO9/c1-8-11-13-24(31)37-22-16-15-21(17-23(22)38-25(32)14-12-9-2)18-29(30,26(33)34)19(4)20(5)36-27(35)39-28(6,7)10-3/h15-17,19-20H,8-14,18,30H2,1-7H3,(H,33,34)/t19-,20+,29-/m1/s1. The van der Waals surface area contributed by atoms with Crippen molar-refractivity contribution in [2.75, 3.05) is 0 Å². The summed E-state index contributed by atoms with van der Waals surface area (Å²) in [5.41, 5.74) is 4.25. The first-order chi connectivity index (χ1) is 18.2. The normalized spacial score (nSPS) is 14.5. The third kappa shape index (κ3) is 10.9. The number of benzene rings is 1. The molecule has 0 aliphatic rings. The SMILES string of the molecule is CCCCC(=O)Oc1ccc(C[C@](N)(C(=O)O)[C@H](C)[C@H](C)OC(=O)OC(C)(C)CC)cc1OC(=O)CCCC. The molecule has 0 radical (unpaired) electrons. The van der Waals surface area contributed by atoms with E-state index in [1.165, 1.54) is 12.1 Å². The molecule has 220 valence electrons. The summed E-state index contributed by atoms with van der Waals surface area (Å²) in [6.07, 6.45) is 1.85. The molecule has 0 aliphatic heterocycles. The monoisotopic (exact) mass is 551 g/mol. The van der Waals surface area contributed by atoms with Gasteiger partial charge >= 0.3 is 24.1 Å². The molecule has 1 aromatic rings. The maximum Gasteiger partial charge on any atom is 0.509 e. The minimum absolute atomic E-state index is 0.00789. The molecule has 0 aliphatic carbocycles. The molecule has 0 saturated heterocycles. The van der Waals surface area contributed by atoms with Crippen LogP contribution in [-0.2, 0) is 30.3 Å². The fourth-order valence-corrected chi connectivity index (χ4v) is 3.58. The Morgan fingerprint density at radius 3 is 1.95 bits per heavy atom. The summed E-state index contributed by atoms with van der Waals surface area (Å²) in [5, 5.41) is 10.1. The molecule has 0 heterocycles. The number of esters is 2. The molecule has 10 heteroatoms. The summed E-state index contributed by atoms with van der Waals surface area (Å²) in [5.74, 6) is -3.03. The summed E-state index contributed by atoms with van der Waals surface area (Å²) >= 11 is 0. The van der Waals surface area contributed by atoms with Crippen molar-refractivity contribution in [1.29, 1.82) is 0 Å². The molecule has 0 bridgehead atoms. The second-order valence-corrected chi connectivity index (χ2v) is 10.5. The lowest BCUT2D eigenvalue weighted by atomic mass is 9.78. The molecule has 0 amide bonds. The first kappa shape index (κ1) is 33.9. The van der Waals surface area contributed by atoms with Gasteiger partial charge in [-0.1, -0.05) is 46.6 Å². The number of carbonyl (C=O) groups is 4. The topological polar surface area (TPSA) is 151 Å². The van der Waals surface area contributed by atoms with Crippen LogP contribution in [0.1, 0.15) is 99.0 Å². The second kappa shape index (κ2) is 15.5. The number of nitrogens with two attached hydrogens (primary N) is 1. The van der Waals surface area contributed by atoms with Crippen molar-refractivity contribution in [3.05, 3.63) is 23.8 Å². The Morgan fingerprint density at radius 2 is 1.46 bits per heavy atom. The molecular formula is C29H45NO9. The number of unbranched alkanes of at least 4 members (excludes halogenated alkanes) is 2. The van der Waals surface area contributed by atoms with Crippen LogP contribution in [0.15, 0.2) is 18.2 Å². The lowest BCUT2D eigenvalue weighted by Crippen LogP contribution is -2.58. The zero-order valence-electron chi connectivity index (χ0n) is 24.3. The maximum atomic E-state index is 12.4. The van der Waals surface area contributed by atoms with Gasteiger partial charge in [0.2, 0.25) is 0 Å². The molecule has 39 heavy (non-hydrogen) atoms. The summed E-state index contributed by atoms with van der Waals surface area (Å²) in [6.45, 7) is 12.4. The van der Waals surface area contributed by atoms with Gasteiger partial charge in [0, 0.05) is 25.2 Å². The Kier molecular flexibility index (Phi) is 13.4. The van der Waals surface area contributed by atoms with Crippen molar-refractivity contribution in [1.82, 2.24) is 0 Å². The van der Waals surface area contributed by atoms with Gasteiger partial charge in [-0.3, -0.25) is 14.4 Å². The van der Waals surface area contributed by atoms with Crippen molar-refractivity contribution >= 4 is 24.1 Å². The van der Waals surface area contributed by atoms with Gasteiger partial charge in [-0.05, 0) is 57.7 Å². The Morgan fingerprint density at radius 1 is 0.923 bits per heavy atom. The molecule has 0 fully saturated rings. The quantitative estimate of drug-likeness (QED) is 0.197. The van der Waals surface area contributed by atoms with Crippen LogP contribution < -0.4 is 15.2 Å². The minimum atomic E-state index is -1.86. The molecule has 3 atom stereocenters. The largest absolute Gasteiger partial charge is 0.509 e. The molecule has 0 spiro atoms.